The summed E-state index contributed by atoms with van der Waals surface area (Å²) in [5.41, 5.74) is 0. The van der Waals surface area contributed by atoms with Crippen LogP contribution in [0, 0.1) is 0 Å². The molecule has 0 aromatic rings. The molecular weight excluding hydrogens is 322 g/mol. The zero-order valence-electron chi connectivity index (χ0n) is 4.69. The van der Waals surface area contributed by atoms with E-state index in [9.17, 15) is 0 Å². The van der Waals surface area contributed by atoms with E-state index in [1.54, 1.807) is 0 Å². The number of hydrogen-bond acceptors (Lipinski definition) is 2. The molecule has 0 saturated carbocycles. The van der Waals surface area contributed by atoms with Crippen molar-refractivity contribution < 1.29 is 29.6 Å². The fraction of sp³-hybridized carbons (Fsp3) is 1.00. The summed E-state index contributed by atoms with van der Waals surface area (Å²) in [6.45, 7) is 2.06. The van der Waals surface area contributed by atoms with Crippen molar-refractivity contribution in [2.24, 2.45) is 0 Å². The van der Waals surface area contributed by atoms with E-state index in [1.807, 2.05) is 0 Å². The topological polar surface area (TPSA) is 18.5 Å². The molecule has 0 spiro atoms. The first-order chi connectivity index (χ1) is 2.50. The molecule has 1 radical (unpaired) electrons. The Bertz CT molecular complexity index is 26.9. The van der Waals surface area contributed by atoms with E-state index in [2.05, 4.69) is 0 Å². The van der Waals surface area contributed by atoms with Gasteiger partial charge in [-0.25, -0.2) is 0 Å². The Kier molecular flexibility index (Phi) is 22.8. The van der Waals surface area contributed by atoms with Crippen molar-refractivity contribution >= 4 is 19.8 Å². The molecule has 8 heavy (non-hydrogen) atoms. The van der Waals surface area contributed by atoms with Crippen molar-refractivity contribution in [3.63, 3.8) is 0 Å². The average molecular weight is 334 g/mol. The molecule has 0 bridgehead atoms. The third-order valence-corrected chi connectivity index (χ3v) is 0.539. The second kappa shape index (κ2) is 11.3. The second-order valence-corrected chi connectivity index (χ2v) is 0.934. The molecule has 1 heterocycles. The van der Waals surface area contributed by atoms with Crippen LogP contribution in [0.4, 0.5) is 0 Å². The van der Waals surface area contributed by atoms with E-state index in [0.717, 1.165) is 13.2 Å². The van der Waals surface area contributed by atoms with Crippen LogP contribution in [0.5, 0.6) is 0 Å². The van der Waals surface area contributed by atoms with Crippen molar-refractivity contribution in [3.8, 4) is 0 Å². The predicted molar refractivity (Wildman–Crippen MR) is 39.0 cm³/mol. The summed E-state index contributed by atoms with van der Waals surface area (Å²) < 4.78 is 9.44. The van der Waals surface area contributed by atoms with Crippen molar-refractivity contribution in [2.75, 3.05) is 20.0 Å². The van der Waals surface area contributed by atoms with Crippen LogP contribution < -0.4 is 0 Å². The van der Waals surface area contributed by atoms with Gasteiger partial charge in [0, 0.05) is 20.1 Å². The van der Waals surface area contributed by atoms with Crippen LogP contribution in [0.1, 0.15) is 0 Å². The summed E-state index contributed by atoms with van der Waals surface area (Å²) >= 11 is 0. The van der Waals surface area contributed by atoms with Gasteiger partial charge in [-0.3, -0.25) is 0 Å². The molecule has 2 nitrogen and oxygen atoms in total. The van der Waals surface area contributed by atoms with Gasteiger partial charge in [-0.05, 0) is 0 Å². The largest absolute Gasteiger partial charge is 0.353 e. The third kappa shape index (κ3) is 7.43. The quantitative estimate of drug-likeness (QED) is 0.586. The van der Waals surface area contributed by atoms with Gasteiger partial charge in [0.25, 0.3) is 0 Å². The second-order valence-electron chi connectivity index (χ2n) is 0.934. The molecule has 0 amide bonds. The molecule has 0 aromatic carbocycles. The third-order valence-electron chi connectivity index (χ3n) is 0.539. The number of ether oxygens (including phenoxy) is 2. The van der Waals surface area contributed by atoms with E-state index < -0.39 is 0 Å². The molecule has 1 aliphatic rings. The molecule has 1 saturated heterocycles. The van der Waals surface area contributed by atoms with Crippen molar-refractivity contribution in [2.45, 2.75) is 0 Å². The zero-order valence-corrected chi connectivity index (χ0v) is 9.91. The van der Waals surface area contributed by atoms with E-state index >= 15 is 0 Å². The Morgan fingerprint density at radius 3 is 1.38 bits per heavy atom. The maximum absolute atomic E-state index is 4.72. The van der Waals surface area contributed by atoms with Gasteiger partial charge in [-0.15, -0.1) is 0 Å². The number of hydrogen-bond donors (Lipinski definition) is 0. The molecule has 0 aliphatic carbocycles. The summed E-state index contributed by atoms with van der Waals surface area (Å²) in [5, 5.41) is 0. The Morgan fingerprint density at radius 1 is 0.875 bits per heavy atom. The maximum atomic E-state index is 4.72. The Morgan fingerprint density at radius 2 is 1.25 bits per heavy atom. The molecular formula is C3H12IrO2P2. The van der Waals surface area contributed by atoms with Crippen LogP contribution in [-0.2, 0) is 29.6 Å². The van der Waals surface area contributed by atoms with E-state index in [0.29, 0.717) is 6.79 Å². The molecule has 1 fully saturated rings. The van der Waals surface area contributed by atoms with Crippen molar-refractivity contribution in [1.29, 1.82) is 0 Å². The van der Waals surface area contributed by atoms with Gasteiger partial charge >= 0.3 is 0 Å². The molecule has 5 heteroatoms. The smallest absolute Gasteiger partial charge is 0.146 e. The standard InChI is InChI=1S/C3H6O2.Ir.2H3P/c1-2-5-3-4-1;;;/h1-3H2;;2*1H3. The Hall–Kier alpha value is 1.43. The molecule has 0 aromatic heterocycles. The zero-order chi connectivity index (χ0) is 3.54. The molecule has 0 N–H and O–H groups in total. The molecule has 1 aliphatic heterocycles. The van der Waals surface area contributed by atoms with Gasteiger partial charge in [-0.2, -0.15) is 19.8 Å². The summed E-state index contributed by atoms with van der Waals surface area (Å²) in [5.74, 6) is 0. The Balaban J connectivity index is -0.0000000833. The minimum Gasteiger partial charge on any atom is -0.353 e. The van der Waals surface area contributed by atoms with Crippen molar-refractivity contribution in [1.82, 2.24) is 0 Å². The molecule has 2 atom stereocenters. The average Bonchev–Trinajstić information content (AvgIpc) is 1.76. The fourth-order valence-electron chi connectivity index (χ4n) is 0.295. The monoisotopic (exact) mass is 335 g/mol. The maximum Gasteiger partial charge on any atom is 0.146 e. The first-order valence-electron chi connectivity index (χ1n) is 1.65. The van der Waals surface area contributed by atoms with Crippen LogP contribution in [0.25, 0.3) is 0 Å². The molecule has 2 unspecified atom stereocenters. The minimum absolute atomic E-state index is 0. The van der Waals surface area contributed by atoms with Crippen LogP contribution in [0.2, 0.25) is 0 Å². The van der Waals surface area contributed by atoms with Gasteiger partial charge in [0.2, 0.25) is 0 Å². The summed E-state index contributed by atoms with van der Waals surface area (Å²) in [6, 6.07) is 0. The fourth-order valence-corrected chi connectivity index (χ4v) is 0.295. The molecule has 1 rings (SSSR count). The minimum atomic E-state index is 0. The van der Waals surface area contributed by atoms with Gasteiger partial charge in [0.15, 0.2) is 0 Å². The summed E-state index contributed by atoms with van der Waals surface area (Å²) in [6.07, 6.45) is 0. The summed E-state index contributed by atoms with van der Waals surface area (Å²) in [7, 11) is 0. The van der Waals surface area contributed by atoms with Gasteiger partial charge in [0.1, 0.15) is 6.79 Å². The van der Waals surface area contributed by atoms with Crippen LogP contribution in [0.3, 0.4) is 0 Å². The first kappa shape index (κ1) is 16.2. The van der Waals surface area contributed by atoms with Crippen LogP contribution in [-0.4, -0.2) is 20.0 Å². The Labute approximate surface area is 69.7 Å². The van der Waals surface area contributed by atoms with Gasteiger partial charge in [0.05, 0.1) is 13.2 Å². The number of rotatable bonds is 0. The first-order valence-corrected chi connectivity index (χ1v) is 1.65. The summed E-state index contributed by atoms with van der Waals surface area (Å²) in [4.78, 5) is 0. The van der Waals surface area contributed by atoms with E-state index in [1.165, 1.54) is 0 Å². The predicted octanol–water partition coefficient (Wildman–Crippen LogP) is 0.104. The van der Waals surface area contributed by atoms with Gasteiger partial charge < -0.3 is 9.47 Å². The van der Waals surface area contributed by atoms with E-state index in [4.69, 9.17) is 9.47 Å². The van der Waals surface area contributed by atoms with E-state index in [-0.39, 0.29) is 39.9 Å². The van der Waals surface area contributed by atoms with Crippen LogP contribution >= 0.6 is 19.8 Å². The SMILES string of the molecule is C1COCO1.P.P.[Ir]. The molecule has 55 valence electrons. The van der Waals surface area contributed by atoms with Crippen LogP contribution in [0.15, 0.2) is 0 Å². The normalized spacial score (nSPS) is 15.0. The van der Waals surface area contributed by atoms with Crippen molar-refractivity contribution in [3.05, 3.63) is 0 Å². The van der Waals surface area contributed by atoms with Gasteiger partial charge in [-0.1, -0.05) is 0 Å².